The van der Waals surface area contributed by atoms with E-state index < -0.39 is 39.5 Å². The van der Waals surface area contributed by atoms with Crippen LogP contribution in [-0.4, -0.2) is 61.7 Å². The number of benzene rings is 2. The van der Waals surface area contributed by atoms with Crippen molar-refractivity contribution in [2.24, 2.45) is 0 Å². The maximum atomic E-state index is 14.0. The minimum absolute atomic E-state index is 0.0315. The molecule has 30 heavy (non-hydrogen) atoms. The number of nitrogens with zero attached hydrogens (tertiary/aromatic N) is 3. The molecule has 1 atom stereocenters. The second-order valence-electron chi connectivity index (χ2n) is 7.13. The van der Waals surface area contributed by atoms with Gasteiger partial charge in [0.2, 0.25) is 15.9 Å². The minimum Gasteiger partial charge on any atom is -0.289 e. The van der Waals surface area contributed by atoms with Gasteiger partial charge in [0.05, 0.1) is 18.2 Å². The van der Waals surface area contributed by atoms with Crippen LogP contribution >= 0.6 is 0 Å². The average molecular weight is 435 g/mol. The summed E-state index contributed by atoms with van der Waals surface area (Å²) in [6, 6.07) is 9.57. The number of hydrogen-bond acceptors (Lipinski definition) is 5. The molecule has 0 aliphatic carbocycles. The van der Waals surface area contributed by atoms with Crippen molar-refractivity contribution in [3.8, 4) is 0 Å². The number of carbonyl (C=O) groups is 2. The highest BCUT2D eigenvalue weighted by molar-refractivity contribution is 7.89. The lowest BCUT2D eigenvalue weighted by atomic mass is 10.2. The Bertz CT molecular complexity index is 1080. The van der Waals surface area contributed by atoms with Crippen molar-refractivity contribution in [1.82, 2.24) is 9.21 Å². The summed E-state index contributed by atoms with van der Waals surface area (Å²) in [4.78, 5) is 27.7. The van der Waals surface area contributed by atoms with Crippen molar-refractivity contribution in [1.29, 1.82) is 0 Å². The van der Waals surface area contributed by atoms with Crippen LogP contribution in [0.2, 0.25) is 0 Å². The Kier molecular flexibility index (Phi) is 5.39. The predicted octanol–water partition coefficient (Wildman–Crippen LogP) is 1.60. The third kappa shape index (κ3) is 3.62. The van der Waals surface area contributed by atoms with Gasteiger partial charge in [-0.25, -0.2) is 22.1 Å². The van der Waals surface area contributed by atoms with Gasteiger partial charge in [-0.1, -0.05) is 12.1 Å². The van der Waals surface area contributed by atoms with Gasteiger partial charge in [-0.2, -0.15) is 4.31 Å². The Labute approximate surface area is 172 Å². The molecule has 2 heterocycles. The van der Waals surface area contributed by atoms with Gasteiger partial charge in [-0.3, -0.25) is 14.5 Å². The van der Waals surface area contributed by atoms with Gasteiger partial charge in [0, 0.05) is 26.2 Å². The summed E-state index contributed by atoms with van der Waals surface area (Å²) in [7, 11) is -3.99. The molecule has 0 N–H and O–H groups in total. The third-order valence-corrected chi connectivity index (χ3v) is 7.31. The van der Waals surface area contributed by atoms with E-state index in [4.69, 9.17) is 0 Å². The van der Waals surface area contributed by atoms with Gasteiger partial charge in [0.15, 0.2) is 0 Å². The molecule has 0 radical (unpaired) electrons. The Morgan fingerprint density at radius 3 is 2.13 bits per heavy atom. The molecule has 0 bridgehead atoms. The number of piperazine rings is 1. The molecular weight excluding hydrogens is 416 g/mol. The normalized spacial score (nSPS) is 21.4. The van der Waals surface area contributed by atoms with Crippen LogP contribution in [0, 0.1) is 11.6 Å². The topological polar surface area (TPSA) is 78.0 Å². The highest BCUT2D eigenvalue weighted by atomic mass is 32.2. The van der Waals surface area contributed by atoms with Crippen LogP contribution in [0.4, 0.5) is 14.5 Å². The smallest absolute Gasteiger partial charge is 0.251 e. The first-order chi connectivity index (χ1) is 14.3. The molecule has 7 nitrogen and oxygen atoms in total. The molecule has 10 heteroatoms. The molecule has 2 aliphatic rings. The van der Waals surface area contributed by atoms with Crippen LogP contribution in [0.5, 0.6) is 0 Å². The van der Waals surface area contributed by atoms with Crippen molar-refractivity contribution >= 4 is 27.5 Å². The number of carbonyl (C=O) groups excluding carboxylic acids is 2. The number of amides is 2. The Balaban J connectivity index is 1.46. The van der Waals surface area contributed by atoms with Gasteiger partial charge in [-0.15, -0.1) is 0 Å². The maximum absolute atomic E-state index is 14.0. The van der Waals surface area contributed by atoms with Crippen molar-refractivity contribution in [3.63, 3.8) is 0 Å². The zero-order valence-corrected chi connectivity index (χ0v) is 16.7. The SMILES string of the molecule is O=C1CC(N2CCN(S(=O)(=O)c3ccccc3F)CC2)C(=O)N1c1ccc(F)cc1. The van der Waals surface area contributed by atoms with Gasteiger partial charge < -0.3 is 0 Å². The number of hydrogen-bond donors (Lipinski definition) is 0. The van der Waals surface area contributed by atoms with Crippen molar-refractivity contribution in [2.75, 3.05) is 31.1 Å². The van der Waals surface area contributed by atoms with Gasteiger partial charge in [0.25, 0.3) is 5.91 Å². The lowest BCUT2D eigenvalue weighted by molar-refractivity contribution is -0.123. The molecule has 0 aromatic heterocycles. The van der Waals surface area contributed by atoms with E-state index in [9.17, 15) is 26.8 Å². The number of halogens is 2. The molecule has 1 unspecified atom stereocenters. The summed E-state index contributed by atoms with van der Waals surface area (Å²) < 4.78 is 53.7. The summed E-state index contributed by atoms with van der Waals surface area (Å²) in [6.07, 6.45) is -0.0315. The predicted molar refractivity (Wildman–Crippen MR) is 104 cm³/mol. The van der Waals surface area contributed by atoms with Crippen LogP contribution in [0.25, 0.3) is 0 Å². The van der Waals surface area contributed by atoms with Crippen LogP contribution in [0.15, 0.2) is 53.4 Å². The summed E-state index contributed by atoms with van der Waals surface area (Å²) in [5.74, 6) is -2.09. The van der Waals surface area contributed by atoms with E-state index in [-0.39, 0.29) is 37.5 Å². The van der Waals surface area contributed by atoms with Crippen LogP contribution < -0.4 is 4.90 Å². The molecular formula is C20H19F2N3O4S. The van der Waals surface area contributed by atoms with Crippen LogP contribution in [0.3, 0.4) is 0 Å². The highest BCUT2D eigenvalue weighted by Gasteiger charge is 2.44. The Morgan fingerprint density at radius 1 is 0.867 bits per heavy atom. The second-order valence-corrected chi connectivity index (χ2v) is 9.04. The van der Waals surface area contributed by atoms with Crippen LogP contribution in [-0.2, 0) is 19.6 Å². The molecule has 2 aliphatic heterocycles. The zero-order chi connectivity index (χ0) is 21.5. The lowest BCUT2D eigenvalue weighted by Crippen LogP contribution is -2.53. The largest absolute Gasteiger partial charge is 0.289 e. The molecule has 2 saturated heterocycles. The van der Waals surface area contributed by atoms with E-state index in [0.29, 0.717) is 5.69 Å². The van der Waals surface area contributed by atoms with Crippen molar-refractivity contribution < 1.29 is 26.8 Å². The standard InChI is InChI=1S/C20H19F2N3O4S/c21-14-5-7-15(8-6-14)25-19(26)13-17(20(25)27)23-9-11-24(12-10-23)30(28,29)18-4-2-1-3-16(18)22/h1-8,17H,9-13H2. The maximum Gasteiger partial charge on any atom is 0.251 e. The average Bonchev–Trinajstić information content (AvgIpc) is 3.03. The molecule has 0 spiro atoms. The van der Waals surface area contributed by atoms with Crippen LogP contribution in [0.1, 0.15) is 6.42 Å². The van der Waals surface area contributed by atoms with E-state index in [1.54, 1.807) is 4.90 Å². The number of rotatable bonds is 4. The quantitative estimate of drug-likeness (QED) is 0.682. The first kappa shape index (κ1) is 20.6. The zero-order valence-electron chi connectivity index (χ0n) is 15.9. The fourth-order valence-corrected chi connectivity index (χ4v) is 5.30. The number of sulfonamides is 1. The van der Waals surface area contributed by atoms with E-state index in [0.717, 1.165) is 11.0 Å². The number of anilines is 1. The fourth-order valence-electron chi connectivity index (χ4n) is 3.81. The lowest BCUT2D eigenvalue weighted by Gasteiger charge is -2.36. The summed E-state index contributed by atoms with van der Waals surface area (Å²) >= 11 is 0. The van der Waals surface area contributed by atoms with E-state index in [1.165, 1.54) is 46.8 Å². The van der Waals surface area contributed by atoms with E-state index in [2.05, 4.69) is 0 Å². The second kappa shape index (κ2) is 7.86. The summed E-state index contributed by atoms with van der Waals surface area (Å²) in [5.41, 5.74) is 0.301. The third-order valence-electron chi connectivity index (χ3n) is 5.38. The molecule has 2 aromatic carbocycles. The minimum atomic E-state index is -3.99. The Morgan fingerprint density at radius 2 is 1.50 bits per heavy atom. The monoisotopic (exact) mass is 435 g/mol. The first-order valence-corrected chi connectivity index (χ1v) is 10.8. The van der Waals surface area contributed by atoms with E-state index >= 15 is 0 Å². The van der Waals surface area contributed by atoms with Gasteiger partial charge in [-0.05, 0) is 36.4 Å². The number of imide groups is 1. The van der Waals surface area contributed by atoms with Gasteiger partial charge >= 0.3 is 0 Å². The molecule has 2 aromatic rings. The highest BCUT2D eigenvalue weighted by Crippen LogP contribution is 2.27. The van der Waals surface area contributed by atoms with E-state index in [1.807, 2.05) is 0 Å². The first-order valence-electron chi connectivity index (χ1n) is 9.40. The summed E-state index contributed by atoms with van der Waals surface area (Å²) in [5, 5.41) is 0. The molecule has 2 fully saturated rings. The van der Waals surface area contributed by atoms with Crippen molar-refractivity contribution in [3.05, 3.63) is 60.2 Å². The molecule has 158 valence electrons. The Hall–Kier alpha value is -2.69. The molecule has 4 rings (SSSR count). The van der Waals surface area contributed by atoms with Gasteiger partial charge in [0.1, 0.15) is 16.5 Å². The molecule has 0 saturated carbocycles. The molecule has 2 amide bonds. The summed E-state index contributed by atoms with van der Waals surface area (Å²) in [6.45, 7) is 0.611. The fraction of sp³-hybridized carbons (Fsp3) is 0.300. The van der Waals surface area contributed by atoms with Crippen molar-refractivity contribution in [2.45, 2.75) is 17.4 Å².